The average Bonchev–Trinajstić information content (AvgIpc) is 3.16. The number of rotatable bonds is 7. The number of benzene rings is 2. The third kappa shape index (κ3) is 4.00. The van der Waals surface area contributed by atoms with Gasteiger partial charge in [0.2, 0.25) is 6.04 Å². The standard InChI is InChI=1S/C26H28N2O3/c1-5-18(6-2)19-11-13-28(14-12-19)17(3)26(29)27-22-16-24-21(15-25(22)30-4)20-9-7-8-10-23(20)31-24/h7-18H,5-6H2,1-4H3/p+1/t17-/m0/s1. The van der Waals surface area contributed by atoms with Crippen LogP contribution in [-0.4, -0.2) is 13.0 Å². The molecule has 0 saturated carbocycles. The molecule has 0 fully saturated rings. The summed E-state index contributed by atoms with van der Waals surface area (Å²) >= 11 is 0. The number of nitrogens with one attached hydrogen (secondary N) is 1. The highest BCUT2D eigenvalue weighted by atomic mass is 16.5. The molecule has 1 N–H and O–H groups in total. The van der Waals surface area contributed by atoms with E-state index >= 15 is 0 Å². The monoisotopic (exact) mass is 417 g/mol. The van der Waals surface area contributed by atoms with Gasteiger partial charge in [-0.05, 0) is 36.5 Å². The number of aromatic nitrogens is 1. The number of carbonyl (C=O) groups is 1. The van der Waals surface area contributed by atoms with Crippen LogP contribution < -0.4 is 14.6 Å². The first-order chi connectivity index (χ1) is 15.0. The lowest BCUT2D eigenvalue weighted by molar-refractivity contribution is -0.705. The Kier molecular flexibility index (Phi) is 5.94. The first kappa shape index (κ1) is 20.9. The van der Waals surface area contributed by atoms with E-state index in [-0.39, 0.29) is 11.9 Å². The van der Waals surface area contributed by atoms with Crippen molar-refractivity contribution in [2.45, 2.75) is 45.6 Å². The smallest absolute Gasteiger partial charge is 0.293 e. The summed E-state index contributed by atoms with van der Waals surface area (Å²) in [7, 11) is 1.61. The third-order valence-corrected chi connectivity index (χ3v) is 6.12. The normalized spacial score (nSPS) is 12.4. The fraction of sp³-hybridized carbons (Fsp3) is 0.308. The number of carbonyl (C=O) groups excluding carboxylic acids is 1. The maximum absolute atomic E-state index is 13.0. The van der Waals surface area contributed by atoms with Gasteiger partial charge in [0.1, 0.15) is 16.9 Å². The van der Waals surface area contributed by atoms with Gasteiger partial charge in [-0.15, -0.1) is 0 Å². The van der Waals surface area contributed by atoms with Crippen LogP contribution >= 0.6 is 0 Å². The first-order valence-electron chi connectivity index (χ1n) is 10.9. The molecule has 0 aliphatic heterocycles. The zero-order valence-corrected chi connectivity index (χ0v) is 18.5. The minimum Gasteiger partial charge on any atom is -0.495 e. The molecule has 1 atom stereocenters. The molecule has 2 aromatic carbocycles. The number of fused-ring (bicyclic) bond motifs is 3. The van der Waals surface area contributed by atoms with Crippen molar-refractivity contribution < 1.29 is 18.5 Å². The number of hydrogen-bond donors (Lipinski definition) is 1. The molecule has 1 amide bonds. The van der Waals surface area contributed by atoms with Crippen LogP contribution in [-0.2, 0) is 4.79 Å². The van der Waals surface area contributed by atoms with Crippen LogP contribution in [0.1, 0.15) is 51.1 Å². The van der Waals surface area contributed by atoms with Crippen LogP contribution in [0, 0.1) is 0 Å². The van der Waals surface area contributed by atoms with Gasteiger partial charge in [-0.25, -0.2) is 0 Å². The van der Waals surface area contributed by atoms with Gasteiger partial charge in [-0.1, -0.05) is 32.0 Å². The van der Waals surface area contributed by atoms with Gasteiger partial charge < -0.3 is 14.5 Å². The van der Waals surface area contributed by atoms with E-state index in [1.165, 1.54) is 5.56 Å². The summed E-state index contributed by atoms with van der Waals surface area (Å²) in [5.41, 5.74) is 3.43. The second kappa shape index (κ2) is 8.80. The molecule has 0 radical (unpaired) electrons. The highest BCUT2D eigenvalue weighted by molar-refractivity contribution is 6.07. The lowest BCUT2D eigenvalue weighted by atomic mass is 9.95. The average molecular weight is 418 g/mol. The molecule has 0 unspecified atom stereocenters. The highest BCUT2D eigenvalue weighted by Crippen LogP contribution is 2.36. The van der Waals surface area contributed by atoms with E-state index in [1.807, 2.05) is 60.3 Å². The minimum absolute atomic E-state index is 0.117. The number of furan rings is 1. The van der Waals surface area contributed by atoms with Gasteiger partial charge in [-0.3, -0.25) is 4.79 Å². The Labute approximate surface area is 182 Å². The number of ether oxygens (including phenoxy) is 1. The molecule has 31 heavy (non-hydrogen) atoms. The zero-order chi connectivity index (χ0) is 22.0. The molecular weight excluding hydrogens is 388 g/mol. The Hall–Kier alpha value is -3.34. The maximum Gasteiger partial charge on any atom is 0.293 e. The van der Waals surface area contributed by atoms with Crippen molar-refractivity contribution in [2.75, 3.05) is 12.4 Å². The summed E-state index contributed by atoms with van der Waals surface area (Å²) in [5, 5.41) is 5.00. The number of hydrogen-bond acceptors (Lipinski definition) is 3. The minimum atomic E-state index is -0.369. The predicted octanol–water partition coefficient (Wildman–Crippen LogP) is 5.99. The third-order valence-electron chi connectivity index (χ3n) is 6.12. The van der Waals surface area contributed by atoms with Gasteiger partial charge in [0.15, 0.2) is 12.4 Å². The summed E-state index contributed by atoms with van der Waals surface area (Å²) in [6.45, 7) is 6.30. The molecule has 5 heteroatoms. The molecule has 0 saturated heterocycles. The Morgan fingerprint density at radius 1 is 1.03 bits per heavy atom. The number of anilines is 1. The second-order valence-electron chi connectivity index (χ2n) is 7.90. The largest absolute Gasteiger partial charge is 0.495 e. The molecule has 160 valence electrons. The summed E-state index contributed by atoms with van der Waals surface area (Å²) in [5.74, 6) is 1.04. The lowest BCUT2D eigenvalue weighted by Gasteiger charge is -2.14. The molecule has 4 aromatic rings. The van der Waals surface area contributed by atoms with Crippen LogP contribution in [0.15, 0.2) is 65.3 Å². The van der Waals surface area contributed by atoms with Crippen LogP contribution in [0.2, 0.25) is 0 Å². The van der Waals surface area contributed by atoms with Gasteiger partial charge in [-0.2, -0.15) is 4.57 Å². The van der Waals surface area contributed by atoms with Gasteiger partial charge in [0, 0.05) is 35.9 Å². The van der Waals surface area contributed by atoms with Crippen molar-refractivity contribution >= 4 is 33.5 Å². The Bertz CT molecular complexity index is 1210. The number of para-hydroxylation sites is 1. The summed E-state index contributed by atoms with van der Waals surface area (Å²) in [6, 6.07) is 15.5. The van der Waals surface area contributed by atoms with Crippen LogP contribution in [0.25, 0.3) is 21.9 Å². The van der Waals surface area contributed by atoms with Gasteiger partial charge in [0.05, 0.1) is 12.8 Å². The quantitative estimate of drug-likeness (QED) is 0.376. The van der Waals surface area contributed by atoms with Crippen molar-refractivity contribution in [1.82, 2.24) is 0 Å². The summed E-state index contributed by atoms with van der Waals surface area (Å²) in [4.78, 5) is 13.0. The lowest BCUT2D eigenvalue weighted by Crippen LogP contribution is -2.44. The van der Waals surface area contributed by atoms with Crippen LogP contribution in [0.3, 0.4) is 0 Å². The predicted molar refractivity (Wildman–Crippen MR) is 124 cm³/mol. The van der Waals surface area contributed by atoms with E-state index < -0.39 is 0 Å². The van der Waals surface area contributed by atoms with Gasteiger partial charge >= 0.3 is 0 Å². The molecule has 0 spiro atoms. The number of nitrogens with zero attached hydrogens (tertiary/aromatic N) is 1. The fourth-order valence-corrected chi connectivity index (χ4v) is 4.13. The molecule has 2 heterocycles. The van der Waals surface area contributed by atoms with E-state index in [9.17, 15) is 4.79 Å². The van der Waals surface area contributed by atoms with Crippen molar-refractivity contribution in [3.63, 3.8) is 0 Å². The van der Waals surface area contributed by atoms with Crippen LogP contribution in [0.5, 0.6) is 5.75 Å². The molecule has 2 aromatic heterocycles. The number of pyridine rings is 1. The van der Waals surface area contributed by atoms with Crippen LogP contribution in [0.4, 0.5) is 5.69 Å². The molecule has 0 aliphatic carbocycles. The first-order valence-corrected chi connectivity index (χ1v) is 10.9. The molecule has 0 aliphatic rings. The van der Waals surface area contributed by atoms with Crippen molar-refractivity contribution in [3.05, 3.63) is 66.5 Å². The summed E-state index contributed by atoms with van der Waals surface area (Å²) < 4.78 is 13.4. The van der Waals surface area contributed by atoms with Gasteiger partial charge in [0.25, 0.3) is 5.91 Å². The highest BCUT2D eigenvalue weighted by Gasteiger charge is 2.24. The molecular formula is C26H29N2O3+. The Balaban J connectivity index is 1.59. The molecule has 4 rings (SSSR count). The number of methoxy groups -OCH3 is 1. The second-order valence-corrected chi connectivity index (χ2v) is 7.90. The maximum atomic E-state index is 13.0. The van der Waals surface area contributed by atoms with E-state index in [0.717, 1.165) is 29.2 Å². The Morgan fingerprint density at radius 3 is 2.42 bits per heavy atom. The van der Waals surface area contributed by atoms with Crippen molar-refractivity contribution in [2.24, 2.45) is 0 Å². The SMILES string of the molecule is CCC(CC)c1cc[n+]([C@@H](C)C(=O)Nc2cc3oc4ccccc4c3cc2OC)cc1. The molecule has 0 bridgehead atoms. The molecule has 5 nitrogen and oxygen atoms in total. The fourth-order valence-electron chi connectivity index (χ4n) is 4.13. The Morgan fingerprint density at radius 2 is 1.74 bits per heavy atom. The summed E-state index contributed by atoms with van der Waals surface area (Å²) in [6.07, 6.45) is 6.19. The van der Waals surface area contributed by atoms with E-state index in [2.05, 4.69) is 31.3 Å². The zero-order valence-electron chi connectivity index (χ0n) is 18.5. The topological polar surface area (TPSA) is 55.3 Å². The van der Waals surface area contributed by atoms with E-state index in [0.29, 0.717) is 22.9 Å². The van der Waals surface area contributed by atoms with Crippen molar-refractivity contribution in [3.8, 4) is 5.75 Å². The van der Waals surface area contributed by atoms with E-state index in [1.54, 1.807) is 7.11 Å². The number of amides is 1. The van der Waals surface area contributed by atoms with E-state index in [4.69, 9.17) is 9.15 Å². The van der Waals surface area contributed by atoms with Crippen molar-refractivity contribution in [1.29, 1.82) is 0 Å².